The van der Waals surface area contributed by atoms with Crippen LogP contribution in [0.1, 0.15) is 66.5 Å². The molecule has 4 atom stereocenters. The molecule has 1 saturated heterocycles. The average Bonchev–Trinajstić information content (AvgIpc) is 2.95. The zero-order valence-corrected chi connectivity index (χ0v) is 27.5. The van der Waals surface area contributed by atoms with E-state index in [1.165, 1.54) is 6.07 Å². The van der Waals surface area contributed by atoms with Crippen molar-refractivity contribution in [3.63, 3.8) is 0 Å². The van der Waals surface area contributed by atoms with Crippen molar-refractivity contribution in [1.29, 1.82) is 0 Å². The quantitative estimate of drug-likeness (QED) is 0.309. The molecule has 9 nitrogen and oxygen atoms in total. The van der Waals surface area contributed by atoms with Gasteiger partial charge in [0.05, 0.1) is 10.6 Å². The first-order chi connectivity index (χ1) is 21.2. The fourth-order valence-electron chi connectivity index (χ4n) is 7.02. The Balaban J connectivity index is 1.62. The molecular formula is C34H39ClFN6O3+. The van der Waals surface area contributed by atoms with E-state index in [1.54, 1.807) is 33.7 Å². The first-order valence-corrected chi connectivity index (χ1v) is 15.8. The zero-order valence-electron chi connectivity index (χ0n) is 26.8. The van der Waals surface area contributed by atoms with Crippen LogP contribution in [0.2, 0.25) is 5.02 Å². The third-order valence-electron chi connectivity index (χ3n) is 8.81. The van der Waals surface area contributed by atoms with Gasteiger partial charge in [-0.3, -0.25) is 4.99 Å². The van der Waals surface area contributed by atoms with Crippen molar-refractivity contribution < 1.29 is 18.5 Å². The Bertz CT molecular complexity index is 1860. The predicted octanol–water partition coefficient (Wildman–Crippen LogP) is 6.47. The van der Waals surface area contributed by atoms with Crippen LogP contribution in [0.25, 0.3) is 34.1 Å². The number of fused-ring (bicyclic) bond motifs is 1. The number of aromatic nitrogens is 3. The van der Waals surface area contributed by atoms with Crippen molar-refractivity contribution in [2.75, 3.05) is 18.0 Å². The van der Waals surface area contributed by atoms with Crippen molar-refractivity contribution in [1.82, 2.24) is 14.5 Å². The molecule has 45 heavy (non-hydrogen) atoms. The molecule has 0 N–H and O–H groups in total. The first-order valence-electron chi connectivity index (χ1n) is 15.4. The van der Waals surface area contributed by atoms with Crippen LogP contribution in [0.4, 0.5) is 15.0 Å². The monoisotopic (exact) mass is 633 g/mol. The number of anilines is 1. The summed E-state index contributed by atoms with van der Waals surface area (Å²) >= 11 is 7.14. The standard InChI is InChI=1S/C34H39ClFN6O3/c1-9-22-11-10-12-25(36)26(22)29-24(35)15-23-30(40-19(3)16-39(17-20(40)4)33(44)45-34(6,7)8)38-32(43)42-28-18(2)13-14-37-27(28)21(5)41(29)31(23)42/h9-12,14-15,18-21H,1,13,16-17H2,2-8H3/q+1/t18-,19-,20-,21?/m0/s1. The number of piperazine rings is 1. The Morgan fingerprint density at radius 3 is 2.51 bits per heavy atom. The van der Waals surface area contributed by atoms with Crippen molar-refractivity contribution in [3.05, 3.63) is 63.4 Å². The molecule has 1 amide bonds. The summed E-state index contributed by atoms with van der Waals surface area (Å²) in [6.07, 6.45) is 3.77. The van der Waals surface area contributed by atoms with Gasteiger partial charge >= 0.3 is 17.4 Å². The number of pyridine rings is 1. The molecule has 0 aliphatic carbocycles. The van der Waals surface area contributed by atoms with Gasteiger partial charge in [-0.1, -0.05) is 43.3 Å². The molecule has 2 aromatic heterocycles. The Morgan fingerprint density at radius 1 is 1.18 bits per heavy atom. The van der Waals surface area contributed by atoms with Gasteiger partial charge in [0.25, 0.3) is 0 Å². The van der Waals surface area contributed by atoms with Gasteiger partial charge in [-0.25, -0.2) is 18.5 Å². The second kappa shape index (κ2) is 11.1. The zero-order chi connectivity index (χ0) is 32.5. The van der Waals surface area contributed by atoms with Crippen molar-refractivity contribution in [2.24, 2.45) is 10.9 Å². The molecule has 0 radical (unpaired) electrons. The Morgan fingerprint density at radius 2 is 1.87 bits per heavy atom. The molecule has 0 saturated carbocycles. The van der Waals surface area contributed by atoms with Crippen LogP contribution in [0.5, 0.6) is 0 Å². The molecular weight excluding hydrogens is 595 g/mol. The summed E-state index contributed by atoms with van der Waals surface area (Å²) in [5, 5.41) is 0.963. The highest BCUT2D eigenvalue weighted by molar-refractivity contribution is 6.33. The van der Waals surface area contributed by atoms with E-state index in [0.29, 0.717) is 58.2 Å². The van der Waals surface area contributed by atoms with Crippen LogP contribution < -0.4 is 15.2 Å². The Kier molecular flexibility index (Phi) is 7.62. The molecule has 236 valence electrons. The van der Waals surface area contributed by atoms with E-state index in [-0.39, 0.29) is 30.1 Å². The van der Waals surface area contributed by atoms with Gasteiger partial charge in [0.15, 0.2) is 11.5 Å². The van der Waals surface area contributed by atoms with Gasteiger partial charge in [-0.15, -0.1) is 4.57 Å². The van der Waals surface area contributed by atoms with E-state index >= 15 is 4.39 Å². The predicted molar refractivity (Wildman–Crippen MR) is 176 cm³/mol. The fraction of sp³-hybridized carbons (Fsp3) is 0.441. The number of halogens is 2. The summed E-state index contributed by atoms with van der Waals surface area (Å²) in [4.78, 5) is 40.4. The summed E-state index contributed by atoms with van der Waals surface area (Å²) in [6, 6.07) is 5.83. The fourth-order valence-corrected chi connectivity index (χ4v) is 7.32. The van der Waals surface area contributed by atoms with Crippen molar-refractivity contribution in [3.8, 4) is 11.3 Å². The SMILES string of the molecule is C=Cc1cccc(F)c1-c1c(Cl)cc2c(N3[C@@H](C)CN(C(=O)OC(C)(C)C)C[C@@H]3C)nc(=O)n3c2[n+]1C(C)C1=C3[C@@H](C)CC=N1. The summed E-state index contributed by atoms with van der Waals surface area (Å²) < 4.78 is 24.9. The van der Waals surface area contributed by atoms with Gasteiger partial charge < -0.3 is 14.5 Å². The minimum Gasteiger partial charge on any atom is -0.444 e. The lowest BCUT2D eigenvalue weighted by molar-refractivity contribution is -0.679. The summed E-state index contributed by atoms with van der Waals surface area (Å²) in [7, 11) is 0. The number of aliphatic imine (C=N–C) groups is 1. The maximum Gasteiger partial charge on any atom is 0.441 e. The van der Waals surface area contributed by atoms with E-state index in [9.17, 15) is 9.59 Å². The number of hydrogen-bond donors (Lipinski definition) is 0. The lowest BCUT2D eigenvalue weighted by Crippen LogP contribution is -2.59. The molecule has 6 rings (SSSR count). The topological polar surface area (TPSA) is 83.9 Å². The molecule has 5 heterocycles. The van der Waals surface area contributed by atoms with Crippen LogP contribution in [0.15, 0.2) is 46.3 Å². The molecule has 3 aliphatic heterocycles. The Labute approximate surface area is 267 Å². The highest BCUT2D eigenvalue weighted by Gasteiger charge is 2.44. The van der Waals surface area contributed by atoms with E-state index in [0.717, 1.165) is 11.4 Å². The second-order valence-corrected chi connectivity index (χ2v) is 13.7. The van der Waals surface area contributed by atoms with Gasteiger partial charge in [-0.2, -0.15) is 4.98 Å². The van der Waals surface area contributed by atoms with Crippen LogP contribution in [0.3, 0.4) is 0 Å². The number of benzene rings is 1. The summed E-state index contributed by atoms with van der Waals surface area (Å²) in [5.41, 5.74) is 2.33. The van der Waals surface area contributed by atoms with E-state index in [2.05, 4.69) is 18.4 Å². The number of nitrogens with zero attached hydrogens (tertiary/aromatic N) is 6. The second-order valence-electron chi connectivity index (χ2n) is 13.3. The van der Waals surface area contributed by atoms with Crippen LogP contribution in [0, 0.1) is 11.7 Å². The van der Waals surface area contributed by atoms with E-state index in [4.69, 9.17) is 26.3 Å². The minimum atomic E-state index is -0.618. The van der Waals surface area contributed by atoms with Crippen molar-refractivity contribution >= 4 is 52.5 Å². The van der Waals surface area contributed by atoms with E-state index < -0.39 is 17.1 Å². The van der Waals surface area contributed by atoms with E-state index in [1.807, 2.05) is 52.3 Å². The third-order valence-corrected chi connectivity index (χ3v) is 9.10. The summed E-state index contributed by atoms with van der Waals surface area (Å²) in [5.74, 6) is 0.0281. The molecule has 3 aromatic rings. The number of carbonyl (C=O) groups is 1. The number of amides is 1. The summed E-state index contributed by atoms with van der Waals surface area (Å²) in [6.45, 7) is 18.3. The van der Waals surface area contributed by atoms with Gasteiger partial charge in [0.2, 0.25) is 0 Å². The molecule has 0 spiro atoms. The van der Waals surface area contributed by atoms with Crippen LogP contribution in [-0.2, 0) is 4.74 Å². The van der Waals surface area contributed by atoms with Gasteiger partial charge in [-0.05, 0) is 65.7 Å². The highest BCUT2D eigenvalue weighted by Crippen LogP contribution is 2.42. The lowest BCUT2D eigenvalue weighted by atomic mass is 9.94. The number of carbonyl (C=O) groups excluding carboxylic acids is 1. The largest absolute Gasteiger partial charge is 0.444 e. The minimum absolute atomic E-state index is 0.00814. The Hall–Kier alpha value is -4.05. The van der Waals surface area contributed by atoms with Crippen molar-refractivity contribution in [2.45, 2.75) is 78.6 Å². The average molecular weight is 634 g/mol. The molecule has 3 aliphatic rings. The molecule has 11 heteroatoms. The van der Waals surface area contributed by atoms with Gasteiger partial charge in [0, 0.05) is 37.3 Å². The molecule has 1 unspecified atom stereocenters. The lowest BCUT2D eigenvalue weighted by Gasteiger charge is -2.45. The number of rotatable bonds is 3. The maximum absolute atomic E-state index is 15.7. The molecule has 0 bridgehead atoms. The molecule has 1 fully saturated rings. The van der Waals surface area contributed by atoms with Crippen LogP contribution >= 0.6 is 11.6 Å². The smallest absolute Gasteiger partial charge is 0.441 e. The van der Waals surface area contributed by atoms with Crippen LogP contribution in [-0.4, -0.2) is 57.5 Å². The third kappa shape index (κ3) is 5.03. The molecule has 1 aromatic carbocycles. The maximum atomic E-state index is 15.7. The number of hydrogen-bond acceptors (Lipinski definition) is 6. The first kappa shape index (κ1) is 31.0. The van der Waals surface area contributed by atoms with Gasteiger partial charge in [0.1, 0.15) is 34.2 Å². The number of allylic oxidation sites excluding steroid dienone is 2. The number of ether oxygens (including phenoxy) is 1. The highest BCUT2D eigenvalue weighted by atomic mass is 35.5. The normalized spacial score (nSPS) is 23.0.